The molecule has 98 valence electrons. The molecule has 0 spiro atoms. The van der Waals surface area contributed by atoms with Gasteiger partial charge in [-0.05, 0) is 30.9 Å². The summed E-state index contributed by atoms with van der Waals surface area (Å²) in [6.07, 6.45) is 3.48. The molecule has 0 saturated carbocycles. The van der Waals surface area contributed by atoms with Crippen LogP contribution >= 0.6 is 0 Å². The van der Waals surface area contributed by atoms with Gasteiger partial charge in [0.1, 0.15) is 11.5 Å². The molecule has 0 aromatic carbocycles. The van der Waals surface area contributed by atoms with E-state index in [4.69, 9.17) is 5.84 Å². The number of carbonyl (C=O) groups excluding carboxylic acids is 1. The van der Waals surface area contributed by atoms with Crippen LogP contribution in [0, 0.1) is 5.92 Å². The van der Waals surface area contributed by atoms with Crippen molar-refractivity contribution in [1.29, 1.82) is 0 Å². The Morgan fingerprint density at radius 3 is 3.17 bits per heavy atom. The van der Waals surface area contributed by atoms with Gasteiger partial charge in [0.05, 0.1) is 0 Å². The molecule has 2 rings (SSSR count). The van der Waals surface area contributed by atoms with Crippen LogP contribution in [0.3, 0.4) is 0 Å². The molecule has 1 amide bonds. The SMILES string of the molecule is CCCC1CCN(C(=O)c2cccc(NN)n2)C1. The molecule has 1 aromatic rings. The van der Waals surface area contributed by atoms with Gasteiger partial charge in [-0.25, -0.2) is 10.8 Å². The van der Waals surface area contributed by atoms with Crippen molar-refractivity contribution in [3.63, 3.8) is 0 Å². The number of pyridine rings is 1. The van der Waals surface area contributed by atoms with Crippen LogP contribution in [0.1, 0.15) is 36.7 Å². The molecule has 1 aliphatic heterocycles. The van der Waals surface area contributed by atoms with Crippen LogP contribution in [0.5, 0.6) is 0 Å². The van der Waals surface area contributed by atoms with E-state index in [-0.39, 0.29) is 5.91 Å². The van der Waals surface area contributed by atoms with Crippen molar-refractivity contribution in [3.8, 4) is 0 Å². The minimum Gasteiger partial charge on any atom is -0.337 e. The first kappa shape index (κ1) is 12.8. The van der Waals surface area contributed by atoms with E-state index in [1.807, 2.05) is 4.90 Å². The topological polar surface area (TPSA) is 71.2 Å². The molecule has 1 fully saturated rings. The number of amides is 1. The van der Waals surface area contributed by atoms with Crippen LogP contribution in [-0.2, 0) is 0 Å². The van der Waals surface area contributed by atoms with Gasteiger partial charge in [0.25, 0.3) is 5.91 Å². The summed E-state index contributed by atoms with van der Waals surface area (Å²) in [6, 6.07) is 5.26. The molecule has 3 N–H and O–H groups in total. The zero-order chi connectivity index (χ0) is 13.0. The van der Waals surface area contributed by atoms with Crippen molar-refractivity contribution in [1.82, 2.24) is 9.88 Å². The maximum Gasteiger partial charge on any atom is 0.272 e. The average molecular weight is 248 g/mol. The first-order valence-corrected chi connectivity index (χ1v) is 6.47. The van der Waals surface area contributed by atoms with E-state index in [0.29, 0.717) is 17.4 Å². The Kier molecular flexibility index (Phi) is 4.15. The van der Waals surface area contributed by atoms with Crippen molar-refractivity contribution >= 4 is 11.7 Å². The molecular weight excluding hydrogens is 228 g/mol. The highest BCUT2D eigenvalue weighted by molar-refractivity contribution is 5.92. The predicted octanol–water partition coefficient (Wildman–Crippen LogP) is 1.63. The number of hydrogen-bond donors (Lipinski definition) is 2. The first-order valence-electron chi connectivity index (χ1n) is 6.47. The lowest BCUT2D eigenvalue weighted by molar-refractivity contribution is 0.0781. The highest BCUT2D eigenvalue weighted by atomic mass is 16.2. The van der Waals surface area contributed by atoms with Gasteiger partial charge < -0.3 is 10.3 Å². The maximum absolute atomic E-state index is 12.3. The molecule has 5 nitrogen and oxygen atoms in total. The number of nitrogens with one attached hydrogen (secondary N) is 1. The minimum absolute atomic E-state index is 0.00528. The largest absolute Gasteiger partial charge is 0.337 e. The van der Waals surface area contributed by atoms with E-state index >= 15 is 0 Å². The van der Waals surface area contributed by atoms with Gasteiger partial charge in [-0.2, -0.15) is 0 Å². The Balaban J connectivity index is 2.03. The molecule has 0 radical (unpaired) electrons. The number of nitrogen functional groups attached to an aromatic ring is 1. The molecule has 1 unspecified atom stereocenters. The Hall–Kier alpha value is -1.62. The molecule has 18 heavy (non-hydrogen) atoms. The van der Waals surface area contributed by atoms with Gasteiger partial charge in [-0.15, -0.1) is 0 Å². The number of hydrogen-bond acceptors (Lipinski definition) is 4. The molecule has 1 aromatic heterocycles. The Morgan fingerprint density at radius 2 is 2.44 bits per heavy atom. The van der Waals surface area contributed by atoms with E-state index in [0.717, 1.165) is 19.5 Å². The molecule has 0 aliphatic carbocycles. The van der Waals surface area contributed by atoms with E-state index in [9.17, 15) is 4.79 Å². The van der Waals surface area contributed by atoms with Crippen molar-refractivity contribution in [2.45, 2.75) is 26.2 Å². The lowest BCUT2D eigenvalue weighted by Crippen LogP contribution is -2.29. The van der Waals surface area contributed by atoms with E-state index < -0.39 is 0 Å². The smallest absolute Gasteiger partial charge is 0.272 e. The lowest BCUT2D eigenvalue weighted by atomic mass is 10.0. The number of nitrogens with zero attached hydrogens (tertiary/aromatic N) is 2. The highest BCUT2D eigenvalue weighted by Gasteiger charge is 2.26. The number of hydrazine groups is 1. The summed E-state index contributed by atoms with van der Waals surface area (Å²) in [7, 11) is 0. The lowest BCUT2D eigenvalue weighted by Gasteiger charge is -2.16. The Bertz CT molecular complexity index is 421. The summed E-state index contributed by atoms with van der Waals surface area (Å²) < 4.78 is 0. The van der Waals surface area contributed by atoms with Crippen LogP contribution in [-0.4, -0.2) is 28.9 Å². The van der Waals surface area contributed by atoms with Crippen molar-refractivity contribution in [3.05, 3.63) is 23.9 Å². The van der Waals surface area contributed by atoms with Gasteiger partial charge in [0.15, 0.2) is 0 Å². The molecule has 2 heterocycles. The summed E-state index contributed by atoms with van der Waals surface area (Å²) in [5.74, 6) is 6.47. The van der Waals surface area contributed by atoms with Gasteiger partial charge in [0, 0.05) is 13.1 Å². The number of likely N-dealkylation sites (tertiary alicyclic amines) is 1. The number of nitrogens with two attached hydrogens (primary N) is 1. The van der Waals surface area contributed by atoms with Crippen LogP contribution in [0.4, 0.5) is 5.82 Å². The second kappa shape index (κ2) is 5.82. The third-order valence-electron chi connectivity index (χ3n) is 3.39. The molecular formula is C13H20N4O. The Labute approximate surface area is 107 Å². The predicted molar refractivity (Wildman–Crippen MR) is 71.0 cm³/mol. The van der Waals surface area contributed by atoms with Gasteiger partial charge in [-0.1, -0.05) is 19.4 Å². The fourth-order valence-electron chi connectivity index (χ4n) is 2.46. The monoisotopic (exact) mass is 248 g/mol. The third kappa shape index (κ3) is 2.79. The third-order valence-corrected chi connectivity index (χ3v) is 3.39. The number of aromatic nitrogens is 1. The summed E-state index contributed by atoms with van der Waals surface area (Å²) in [5.41, 5.74) is 2.92. The normalized spacial score (nSPS) is 19.0. The van der Waals surface area contributed by atoms with Crippen LogP contribution in [0.15, 0.2) is 18.2 Å². The molecule has 1 atom stereocenters. The van der Waals surface area contributed by atoms with E-state index in [1.54, 1.807) is 18.2 Å². The Morgan fingerprint density at radius 1 is 1.61 bits per heavy atom. The van der Waals surface area contributed by atoms with E-state index in [2.05, 4.69) is 17.3 Å². The highest BCUT2D eigenvalue weighted by Crippen LogP contribution is 2.22. The quantitative estimate of drug-likeness (QED) is 0.627. The van der Waals surface area contributed by atoms with Crippen molar-refractivity contribution in [2.75, 3.05) is 18.5 Å². The second-order valence-electron chi connectivity index (χ2n) is 4.75. The van der Waals surface area contributed by atoms with Gasteiger partial charge in [-0.3, -0.25) is 4.79 Å². The average Bonchev–Trinajstić information content (AvgIpc) is 2.87. The summed E-state index contributed by atoms with van der Waals surface area (Å²) in [4.78, 5) is 18.3. The summed E-state index contributed by atoms with van der Waals surface area (Å²) in [5, 5.41) is 0. The molecule has 1 aliphatic rings. The first-order chi connectivity index (χ1) is 8.74. The van der Waals surface area contributed by atoms with Gasteiger partial charge >= 0.3 is 0 Å². The fourth-order valence-corrected chi connectivity index (χ4v) is 2.46. The zero-order valence-electron chi connectivity index (χ0n) is 10.7. The van der Waals surface area contributed by atoms with Crippen molar-refractivity contribution < 1.29 is 4.79 Å². The minimum atomic E-state index is 0.00528. The van der Waals surface area contributed by atoms with E-state index in [1.165, 1.54) is 12.8 Å². The maximum atomic E-state index is 12.3. The fraction of sp³-hybridized carbons (Fsp3) is 0.538. The molecule has 1 saturated heterocycles. The number of rotatable bonds is 4. The standard InChI is InChI=1S/C13H20N4O/c1-2-4-10-7-8-17(9-10)13(18)11-5-3-6-12(15-11)16-14/h3,5-6,10H,2,4,7-9,14H2,1H3,(H,15,16). The van der Waals surface area contributed by atoms with Crippen molar-refractivity contribution in [2.24, 2.45) is 11.8 Å². The second-order valence-corrected chi connectivity index (χ2v) is 4.75. The molecule has 5 heteroatoms. The number of anilines is 1. The summed E-state index contributed by atoms with van der Waals surface area (Å²) in [6.45, 7) is 3.88. The van der Waals surface area contributed by atoms with Crippen LogP contribution in [0.25, 0.3) is 0 Å². The van der Waals surface area contributed by atoms with Crippen LogP contribution in [0.2, 0.25) is 0 Å². The molecule has 0 bridgehead atoms. The number of carbonyl (C=O) groups is 1. The zero-order valence-corrected chi connectivity index (χ0v) is 10.7. The van der Waals surface area contributed by atoms with Gasteiger partial charge in [0.2, 0.25) is 0 Å². The van der Waals surface area contributed by atoms with Crippen LogP contribution < -0.4 is 11.3 Å². The summed E-state index contributed by atoms with van der Waals surface area (Å²) >= 11 is 0.